The molecule has 0 bridgehead atoms. The molecule has 0 radical (unpaired) electrons. The molecule has 6 rings (SSSR count). The largest absolute Gasteiger partial charge is 0.355 e. The number of H-pyrrole nitrogens is 1. The van der Waals surface area contributed by atoms with Gasteiger partial charge < -0.3 is 9.88 Å². The Morgan fingerprint density at radius 2 is 1.51 bits per heavy atom. The van der Waals surface area contributed by atoms with E-state index in [0.717, 1.165) is 60.5 Å². The van der Waals surface area contributed by atoms with E-state index in [4.69, 9.17) is 5.10 Å². The number of fused-ring (bicyclic) bond motifs is 1. The zero-order chi connectivity index (χ0) is 23.6. The van der Waals surface area contributed by atoms with Crippen molar-refractivity contribution in [2.45, 2.75) is 25.3 Å². The molecule has 1 N–H and O–H groups in total. The highest BCUT2D eigenvalue weighted by molar-refractivity contribution is 5.75. The number of hydrogen-bond acceptors (Lipinski definition) is 4. The maximum atomic E-state index is 12.7. The van der Waals surface area contributed by atoms with Crippen LogP contribution in [0.1, 0.15) is 30.0 Å². The van der Waals surface area contributed by atoms with Crippen molar-refractivity contribution in [2.24, 2.45) is 0 Å². The topological polar surface area (TPSA) is 66.8 Å². The van der Waals surface area contributed by atoms with Crippen LogP contribution in [0.15, 0.2) is 95.8 Å². The lowest BCUT2D eigenvalue weighted by atomic mass is 10.0. The van der Waals surface area contributed by atoms with Crippen LogP contribution in [0.25, 0.3) is 22.3 Å². The molecule has 174 valence electrons. The van der Waals surface area contributed by atoms with Crippen molar-refractivity contribution < 1.29 is 0 Å². The third-order valence-corrected chi connectivity index (χ3v) is 6.91. The molecule has 3 heterocycles. The minimum atomic E-state index is -0.0265. The SMILES string of the molecule is O=c1[nH]c2ccccc2n1C1CCN(c2nnc(-c3ccccc3)cc2Cc2ccccc2)CC1. The number of benzene rings is 3. The van der Waals surface area contributed by atoms with Crippen molar-refractivity contribution in [3.8, 4) is 11.3 Å². The van der Waals surface area contributed by atoms with Crippen LogP contribution in [0, 0.1) is 0 Å². The molecule has 5 aromatic rings. The second-order valence-corrected chi connectivity index (χ2v) is 9.14. The fraction of sp³-hybridized carbons (Fsp3) is 0.207. The van der Waals surface area contributed by atoms with Gasteiger partial charge in [-0.15, -0.1) is 10.2 Å². The molecule has 0 atom stereocenters. The van der Waals surface area contributed by atoms with Crippen LogP contribution >= 0.6 is 0 Å². The molecule has 1 aliphatic heterocycles. The van der Waals surface area contributed by atoms with Gasteiger partial charge in [0, 0.05) is 36.7 Å². The van der Waals surface area contributed by atoms with E-state index in [1.54, 1.807) is 0 Å². The van der Waals surface area contributed by atoms with Gasteiger partial charge in [-0.25, -0.2) is 4.79 Å². The average Bonchev–Trinajstić information content (AvgIpc) is 3.25. The lowest BCUT2D eigenvalue weighted by molar-refractivity contribution is 0.394. The summed E-state index contributed by atoms with van der Waals surface area (Å²) in [7, 11) is 0. The summed E-state index contributed by atoms with van der Waals surface area (Å²) in [6.07, 6.45) is 2.57. The number of para-hydroxylation sites is 2. The van der Waals surface area contributed by atoms with E-state index in [1.165, 1.54) is 11.1 Å². The first kappa shape index (κ1) is 21.4. The number of nitrogens with zero attached hydrogens (tertiary/aromatic N) is 4. The Kier molecular flexibility index (Phi) is 5.62. The molecule has 6 nitrogen and oxygen atoms in total. The van der Waals surface area contributed by atoms with E-state index in [-0.39, 0.29) is 11.7 Å². The number of piperidine rings is 1. The first-order valence-corrected chi connectivity index (χ1v) is 12.2. The highest BCUT2D eigenvalue weighted by atomic mass is 16.1. The monoisotopic (exact) mass is 461 g/mol. The molecule has 35 heavy (non-hydrogen) atoms. The van der Waals surface area contributed by atoms with Crippen LogP contribution in [0.4, 0.5) is 5.82 Å². The van der Waals surface area contributed by atoms with Crippen molar-refractivity contribution in [2.75, 3.05) is 18.0 Å². The van der Waals surface area contributed by atoms with E-state index in [1.807, 2.05) is 53.1 Å². The number of anilines is 1. The minimum Gasteiger partial charge on any atom is -0.355 e. The number of aromatic amines is 1. The zero-order valence-corrected chi connectivity index (χ0v) is 19.5. The van der Waals surface area contributed by atoms with Gasteiger partial charge in [0.15, 0.2) is 5.82 Å². The summed E-state index contributed by atoms with van der Waals surface area (Å²) >= 11 is 0. The number of imidazole rings is 1. The molecule has 0 aliphatic carbocycles. The normalized spacial score (nSPS) is 14.5. The van der Waals surface area contributed by atoms with Crippen LogP contribution in [-0.4, -0.2) is 32.8 Å². The van der Waals surface area contributed by atoms with Crippen molar-refractivity contribution in [3.63, 3.8) is 0 Å². The third-order valence-electron chi connectivity index (χ3n) is 6.91. The summed E-state index contributed by atoms with van der Waals surface area (Å²) in [4.78, 5) is 18.0. The van der Waals surface area contributed by atoms with Gasteiger partial charge in [-0.1, -0.05) is 72.8 Å². The van der Waals surface area contributed by atoms with Crippen molar-refractivity contribution in [1.82, 2.24) is 19.7 Å². The Morgan fingerprint density at radius 3 is 2.29 bits per heavy atom. The fourth-order valence-corrected chi connectivity index (χ4v) is 5.16. The summed E-state index contributed by atoms with van der Waals surface area (Å²) in [6, 6.07) is 31.0. The molecule has 0 unspecified atom stereocenters. The molecule has 0 spiro atoms. The Morgan fingerprint density at radius 1 is 0.829 bits per heavy atom. The standard InChI is InChI=1S/C29H27N5O/c35-29-30-25-13-7-8-14-27(25)34(29)24-15-17-33(18-16-24)28-23(19-21-9-3-1-4-10-21)20-26(31-32-28)22-11-5-2-6-12-22/h1-14,20,24H,15-19H2,(H,30,35). The summed E-state index contributed by atoms with van der Waals surface area (Å²) in [5.74, 6) is 0.943. The predicted octanol–water partition coefficient (Wildman–Crippen LogP) is 5.22. The number of hydrogen-bond donors (Lipinski definition) is 1. The molecule has 3 aromatic carbocycles. The van der Waals surface area contributed by atoms with E-state index in [9.17, 15) is 4.79 Å². The summed E-state index contributed by atoms with van der Waals surface area (Å²) in [5.41, 5.74) is 6.23. The highest BCUT2D eigenvalue weighted by Crippen LogP contribution is 2.31. The Bertz CT molecular complexity index is 1500. The van der Waals surface area contributed by atoms with Crippen molar-refractivity contribution in [3.05, 3.63) is 113 Å². The van der Waals surface area contributed by atoms with Crippen molar-refractivity contribution >= 4 is 16.9 Å². The third kappa shape index (κ3) is 4.23. The Hall–Kier alpha value is -4.19. The molecule has 0 amide bonds. The molecule has 1 saturated heterocycles. The van der Waals surface area contributed by atoms with Gasteiger partial charge in [-0.2, -0.15) is 0 Å². The van der Waals surface area contributed by atoms with E-state index >= 15 is 0 Å². The quantitative estimate of drug-likeness (QED) is 0.390. The van der Waals surface area contributed by atoms with Crippen LogP contribution in [-0.2, 0) is 6.42 Å². The van der Waals surface area contributed by atoms with Gasteiger partial charge in [0.25, 0.3) is 0 Å². The van der Waals surface area contributed by atoms with Crippen LogP contribution < -0.4 is 10.6 Å². The van der Waals surface area contributed by atoms with E-state index < -0.39 is 0 Å². The van der Waals surface area contributed by atoms with Gasteiger partial charge in [0.1, 0.15) is 0 Å². The smallest absolute Gasteiger partial charge is 0.326 e. The first-order chi connectivity index (χ1) is 17.3. The Balaban J connectivity index is 1.29. The summed E-state index contributed by atoms with van der Waals surface area (Å²) in [5, 5.41) is 9.33. The van der Waals surface area contributed by atoms with Gasteiger partial charge in [0.05, 0.1) is 16.7 Å². The van der Waals surface area contributed by atoms with Crippen LogP contribution in [0.2, 0.25) is 0 Å². The molecule has 0 saturated carbocycles. The van der Waals surface area contributed by atoms with Gasteiger partial charge in [-0.05, 0) is 36.6 Å². The van der Waals surface area contributed by atoms with Gasteiger partial charge in [0.2, 0.25) is 0 Å². The van der Waals surface area contributed by atoms with Crippen molar-refractivity contribution in [1.29, 1.82) is 0 Å². The van der Waals surface area contributed by atoms with Crippen LogP contribution in [0.5, 0.6) is 0 Å². The molecule has 2 aromatic heterocycles. The maximum absolute atomic E-state index is 12.7. The molecule has 6 heteroatoms. The number of rotatable bonds is 5. The lowest BCUT2D eigenvalue weighted by Crippen LogP contribution is -2.38. The zero-order valence-electron chi connectivity index (χ0n) is 19.5. The lowest BCUT2D eigenvalue weighted by Gasteiger charge is -2.34. The molecule has 1 fully saturated rings. The van der Waals surface area contributed by atoms with Gasteiger partial charge >= 0.3 is 5.69 Å². The average molecular weight is 462 g/mol. The second-order valence-electron chi connectivity index (χ2n) is 9.14. The second kappa shape index (κ2) is 9.22. The first-order valence-electron chi connectivity index (χ1n) is 12.2. The summed E-state index contributed by atoms with van der Waals surface area (Å²) in [6.45, 7) is 1.66. The van der Waals surface area contributed by atoms with E-state index in [0.29, 0.717) is 0 Å². The Labute approximate surface area is 203 Å². The fourth-order valence-electron chi connectivity index (χ4n) is 5.16. The van der Waals surface area contributed by atoms with E-state index in [2.05, 4.69) is 57.4 Å². The van der Waals surface area contributed by atoms with Crippen LogP contribution in [0.3, 0.4) is 0 Å². The number of nitrogens with one attached hydrogen (secondary N) is 1. The maximum Gasteiger partial charge on any atom is 0.326 e. The summed E-state index contributed by atoms with van der Waals surface area (Å²) < 4.78 is 1.93. The molecular formula is C29H27N5O. The molecule has 1 aliphatic rings. The molecular weight excluding hydrogens is 434 g/mol. The highest BCUT2D eigenvalue weighted by Gasteiger charge is 2.26. The number of aromatic nitrogens is 4. The predicted molar refractivity (Wildman–Crippen MR) is 140 cm³/mol. The minimum absolute atomic E-state index is 0.0265. The van der Waals surface area contributed by atoms with Gasteiger partial charge in [-0.3, -0.25) is 4.57 Å².